The molecule has 31 heavy (non-hydrogen) atoms. The van der Waals surface area contributed by atoms with Gasteiger partial charge in [0.15, 0.2) is 6.10 Å². The van der Waals surface area contributed by atoms with E-state index in [1.165, 1.54) is 0 Å². The molecule has 1 unspecified atom stereocenters. The molecular weight excluding hydrogens is 394 g/mol. The van der Waals surface area contributed by atoms with Crippen molar-refractivity contribution < 1.29 is 14.4 Å². The van der Waals surface area contributed by atoms with Crippen molar-refractivity contribution in [2.24, 2.45) is 5.16 Å². The lowest BCUT2D eigenvalue weighted by Gasteiger charge is -2.31. The van der Waals surface area contributed by atoms with Gasteiger partial charge in [-0.05, 0) is 39.9 Å². The minimum absolute atomic E-state index is 0.0609. The molecule has 3 aliphatic rings. The van der Waals surface area contributed by atoms with Crippen LogP contribution in [0.5, 0.6) is 0 Å². The van der Waals surface area contributed by atoms with Crippen LogP contribution in [0.4, 0.5) is 0 Å². The molecule has 3 aliphatic heterocycles. The van der Waals surface area contributed by atoms with Gasteiger partial charge in [-0.3, -0.25) is 4.90 Å². The molecule has 0 aliphatic carbocycles. The van der Waals surface area contributed by atoms with Crippen molar-refractivity contribution in [1.82, 2.24) is 19.8 Å². The monoisotopic (exact) mass is 431 g/mol. The lowest BCUT2D eigenvalue weighted by Crippen LogP contribution is -2.34. The fraction of sp³-hybridized carbons (Fsp3) is 0.739. The Labute approximate surface area is 186 Å². The highest BCUT2D eigenvalue weighted by molar-refractivity contribution is 5.83. The number of carbonyl (C=O) groups is 1. The molecule has 2 saturated heterocycles. The van der Waals surface area contributed by atoms with Crippen LogP contribution in [0.25, 0.3) is 0 Å². The van der Waals surface area contributed by atoms with Gasteiger partial charge in [0.25, 0.3) is 0 Å². The predicted molar refractivity (Wildman–Crippen MR) is 120 cm³/mol. The van der Waals surface area contributed by atoms with Crippen molar-refractivity contribution in [3.63, 3.8) is 0 Å². The molecule has 4 heterocycles. The molecule has 4 rings (SSSR count). The fourth-order valence-corrected chi connectivity index (χ4v) is 4.08. The van der Waals surface area contributed by atoms with Gasteiger partial charge < -0.3 is 19.3 Å². The number of aromatic nitrogens is 2. The van der Waals surface area contributed by atoms with Crippen LogP contribution in [0.15, 0.2) is 11.4 Å². The van der Waals surface area contributed by atoms with Crippen LogP contribution in [0.1, 0.15) is 75.1 Å². The number of piperidine rings is 1. The number of carbonyl (C=O) groups excluding carboxylic acids is 1. The Kier molecular flexibility index (Phi) is 8.92. The van der Waals surface area contributed by atoms with Crippen LogP contribution in [-0.2, 0) is 14.4 Å². The van der Waals surface area contributed by atoms with Crippen LogP contribution in [0, 0.1) is 0 Å². The summed E-state index contributed by atoms with van der Waals surface area (Å²) >= 11 is 0. The fourth-order valence-electron chi connectivity index (χ4n) is 4.08. The first-order chi connectivity index (χ1) is 15.0. The highest BCUT2D eigenvalue weighted by atomic mass is 16.6. The lowest BCUT2D eigenvalue weighted by atomic mass is 9.88. The minimum atomic E-state index is -0.0609. The number of rotatable bonds is 5. The van der Waals surface area contributed by atoms with Crippen molar-refractivity contribution in [3.05, 3.63) is 23.3 Å². The Hall–Kier alpha value is -1.90. The third-order valence-corrected chi connectivity index (χ3v) is 6.09. The summed E-state index contributed by atoms with van der Waals surface area (Å²) in [6, 6.07) is 0. The lowest BCUT2D eigenvalue weighted by molar-refractivity contribution is -0.109. The second-order valence-corrected chi connectivity index (χ2v) is 9.01. The van der Waals surface area contributed by atoms with E-state index in [1.54, 1.807) is 0 Å². The molecule has 8 nitrogen and oxygen atoms in total. The highest BCUT2D eigenvalue weighted by Gasteiger charge is 2.30. The number of nitrogens with zero attached hydrogens (tertiary/aromatic N) is 5. The summed E-state index contributed by atoms with van der Waals surface area (Å²) in [5, 5.41) is 4.09. The number of hydrogen-bond acceptors (Lipinski definition) is 8. The summed E-state index contributed by atoms with van der Waals surface area (Å²) in [4.78, 5) is 30.2. The topological polar surface area (TPSA) is 80.2 Å². The van der Waals surface area contributed by atoms with Crippen molar-refractivity contribution in [1.29, 1.82) is 0 Å². The summed E-state index contributed by atoms with van der Waals surface area (Å²) in [6.45, 7) is 12.6. The minimum Gasteiger partial charge on any atom is -0.387 e. The molecule has 0 aromatic carbocycles. The van der Waals surface area contributed by atoms with Crippen LogP contribution in [0.2, 0.25) is 0 Å². The molecule has 0 bridgehead atoms. The van der Waals surface area contributed by atoms with Gasteiger partial charge in [-0.15, -0.1) is 0 Å². The zero-order chi connectivity index (χ0) is 22.2. The van der Waals surface area contributed by atoms with Crippen LogP contribution >= 0.6 is 0 Å². The molecule has 0 radical (unpaired) electrons. The van der Waals surface area contributed by atoms with E-state index in [1.807, 2.05) is 13.1 Å². The quantitative estimate of drug-likeness (QED) is 0.663. The number of aldehydes is 1. The third kappa shape index (κ3) is 6.79. The number of hydrogen-bond donors (Lipinski definition) is 0. The van der Waals surface area contributed by atoms with Crippen molar-refractivity contribution in [2.45, 2.75) is 58.0 Å². The molecule has 1 aromatic rings. The Morgan fingerprint density at radius 3 is 2.42 bits per heavy atom. The van der Waals surface area contributed by atoms with Crippen molar-refractivity contribution in [2.75, 3.05) is 53.0 Å². The van der Waals surface area contributed by atoms with E-state index in [0.717, 1.165) is 87.7 Å². The van der Waals surface area contributed by atoms with Gasteiger partial charge in [0.2, 0.25) is 0 Å². The summed E-state index contributed by atoms with van der Waals surface area (Å²) in [6.07, 6.45) is 5.70. The molecular formula is C23H37N5O3. The molecule has 0 amide bonds. The van der Waals surface area contributed by atoms with E-state index in [2.05, 4.69) is 40.8 Å². The van der Waals surface area contributed by atoms with Crippen LogP contribution < -0.4 is 0 Å². The van der Waals surface area contributed by atoms with Gasteiger partial charge in [0.05, 0.1) is 31.2 Å². The van der Waals surface area contributed by atoms with Gasteiger partial charge in [0.1, 0.15) is 12.1 Å². The van der Waals surface area contributed by atoms with Crippen LogP contribution in [0.3, 0.4) is 0 Å². The third-order valence-electron chi connectivity index (χ3n) is 6.09. The van der Waals surface area contributed by atoms with Gasteiger partial charge in [0, 0.05) is 43.1 Å². The van der Waals surface area contributed by atoms with E-state index in [-0.39, 0.29) is 6.10 Å². The summed E-state index contributed by atoms with van der Waals surface area (Å²) < 4.78 is 5.10. The Balaban J connectivity index is 0.000000330. The second-order valence-electron chi connectivity index (χ2n) is 9.01. The smallest absolute Gasteiger partial charge is 0.161 e. The first kappa shape index (κ1) is 23.8. The average molecular weight is 432 g/mol. The average Bonchev–Trinajstić information content (AvgIpc) is 3.21. The predicted octanol–water partition coefficient (Wildman–Crippen LogP) is 2.76. The van der Waals surface area contributed by atoms with E-state index in [0.29, 0.717) is 18.4 Å². The van der Waals surface area contributed by atoms with Gasteiger partial charge >= 0.3 is 0 Å². The van der Waals surface area contributed by atoms with Crippen molar-refractivity contribution in [3.8, 4) is 0 Å². The van der Waals surface area contributed by atoms with E-state index in [4.69, 9.17) is 14.6 Å². The Morgan fingerprint density at radius 2 is 1.90 bits per heavy atom. The summed E-state index contributed by atoms with van der Waals surface area (Å²) in [7, 11) is 2.11. The number of oxime groups is 1. The van der Waals surface area contributed by atoms with E-state index in [9.17, 15) is 4.79 Å². The first-order valence-electron chi connectivity index (χ1n) is 11.5. The Morgan fingerprint density at radius 1 is 1.19 bits per heavy atom. The van der Waals surface area contributed by atoms with Gasteiger partial charge in [-0.1, -0.05) is 19.0 Å². The maximum Gasteiger partial charge on any atom is 0.161 e. The van der Waals surface area contributed by atoms with Gasteiger partial charge in [-0.25, -0.2) is 9.97 Å². The van der Waals surface area contributed by atoms with E-state index >= 15 is 0 Å². The maximum absolute atomic E-state index is 10.7. The first-order valence-corrected chi connectivity index (χ1v) is 11.5. The highest BCUT2D eigenvalue weighted by Crippen LogP contribution is 2.36. The molecule has 1 atom stereocenters. The van der Waals surface area contributed by atoms with E-state index < -0.39 is 0 Å². The normalized spacial score (nSPS) is 23.1. The Bertz CT molecular complexity index is 741. The van der Waals surface area contributed by atoms with Crippen molar-refractivity contribution >= 4 is 12.0 Å². The molecule has 0 spiro atoms. The zero-order valence-corrected chi connectivity index (χ0v) is 19.4. The SMILES string of the molecule is CC1=NOC(c2cnc(C(C)C)nc2C2CCN(CC=O)CC2)C1.CN1CCOCC1. The standard InChI is InChI=1S/C18H26N4O2.C5H11NO/c1-12(2)18-19-11-15(16-10-13(3)21-24-16)17(20-18)14-4-6-22(7-5-14)8-9-23;1-6-2-4-7-5-3-6/h9,11-12,14,16H,4-8,10H2,1-3H3;2-5H2,1H3. The molecule has 8 heteroatoms. The molecule has 1 aromatic heterocycles. The largest absolute Gasteiger partial charge is 0.387 e. The number of likely N-dealkylation sites (tertiary alicyclic amines) is 1. The number of morpholine rings is 1. The van der Waals surface area contributed by atoms with Gasteiger partial charge in [-0.2, -0.15) is 0 Å². The molecule has 0 saturated carbocycles. The molecule has 172 valence electrons. The second kappa shape index (κ2) is 11.6. The molecule has 2 fully saturated rings. The maximum atomic E-state index is 10.7. The summed E-state index contributed by atoms with van der Waals surface area (Å²) in [5.41, 5.74) is 3.21. The number of likely N-dealkylation sites (N-methyl/N-ethyl adjacent to an activating group) is 1. The van der Waals surface area contributed by atoms with Crippen LogP contribution in [-0.4, -0.2) is 84.8 Å². The number of ether oxygens (including phenoxy) is 1. The zero-order valence-electron chi connectivity index (χ0n) is 19.4. The molecule has 0 N–H and O–H groups in total. The summed E-state index contributed by atoms with van der Waals surface area (Å²) in [5.74, 6) is 1.59.